The molecule has 126 valence electrons. The Labute approximate surface area is 144 Å². The van der Waals surface area contributed by atoms with E-state index in [2.05, 4.69) is 4.40 Å². The molecule has 0 saturated carbocycles. The van der Waals surface area contributed by atoms with Gasteiger partial charge in [-0.25, -0.2) is 0 Å². The molecule has 5 nitrogen and oxygen atoms in total. The highest BCUT2D eigenvalue weighted by atomic mass is 32.2. The Morgan fingerprint density at radius 1 is 1.17 bits per heavy atom. The molecule has 24 heavy (non-hydrogen) atoms. The smallest absolute Gasteiger partial charge is 0.285 e. The molecule has 0 unspecified atom stereocenters. The second-order valence-electron chi connectivity index (χ2n) is 5.36. The molecule has 3 aromatic rings. The van der Waals surface area contributed by atoms with Crippen LogP contribution in [0.15, 0.2) is 51.8 Å². The third kappa shape index (κ3) is 3.09. The molecule has 3 rings (SSSR count). The van der Waals surface area contributed by atoms with Gasteiger partial charge in [0.05, 0.1) is 16.2 Å². The van der Waals surface area contributed by atoms with E-state index >= 15 is 0 Å². The van der Waals surface area contributed by atoms with Crippen LogP contribution in [-0.4, -0.2) is 19.6 Å². The summed E-state index contributed by atoms with van der Waals surface area (Å²) in [7, 11) is -1.96. The van der Waals surface area contributed by atoms with E-state index in [-0.39, 0.29) is 4.90 Å². The molecular weight excluding hydrogens is 344 g/mol. The summed E-state index contributed by atoms with van der Waals surface area (Å²) in [5.41, 5.74) is 1.85. The Kier molecular flexibility index (Phi) is 4.47. The number of sulfonamides is 1. The van der Waals surface area contributed by atoms with Crippen molar-refractivity contribution in [2.45, 2.75) is 18.7 Å². The molecule has 7 heteroatoms. The lowest BCUT2D eigenvalue weighted by Crippen LogP contribution is -2.14. The maximum absolute atomic E-state index is 12.5. The number of hydrogen-bond donors (Lipinski definition) is 0. The normalized spacial score (nSPS) is 12.7. The Hall–Kier alpha value is -2.12. The standard InChI is InChI=1S/C17H18N2O3S2/c1-4-22-14-6-5-7-15-16(14)19(3)17(23-15)18-24(20,21)13-10-8-12(2)9-11-13/h5-11H,4H2,1-3H3/b18-17-. The topological polar surface area (TPSA) is 60.7 Å². The van der Waals surface area contributed by atoms with Gasteiger partial charge in [-0.2, -0.15) is 8.42 Å². The lowest BCUT2D eigenvalue weighted by molar-refractivity contribution is 0.343. The van der Waals surface area contributed by atoms with Gasteiger partial charge < -0.3 is 9.30 Å². The molecule has 2 aromatic carbocycles. The minimum atomic E-state index is -3.75. The van der Waals surface area contributed by atoms with Crippen LogP contribution in [-0.2, 0) is 17.1 Å². The van der Waals surface area contributed by atoms with Gasteiger partial charge in [-0.15, -0.1) is 4.40 Å². The fraction of sp³-hybridized carbons (Fsp3) is 0.235. The maximum atomic E-state index is 12.5. The fourth-order valence-electron chi connectivity index (χ4n) is 2.40. The van der Waals surface area contributed by atoms with Crippen molar-refractivity contribution < 1.29 is 13.2 Å². The number of hydrogen-bond acceptors (Lipinski definition) is 4. The molecule has 0 aliphatic carbocycles. The molecule has 0 fully saturated rings. The zero-order valence-electron chi connectivity index (χ0n) is 13.7. The van der Waals surface area contributed by atoms with Gasteiger partial charge in [-0.3, -0.25) is 0 Å². The van der Waals surface area contributed by atoms with E-state index in [0.717, 1.165) is 21.5 Å². The van der Waals surface area contributed by atoms with Gasteiger partial charge in [0.25, 0.3) is 10.0 Å². The van der Waals surface area contributed by atoms with Crippen LogP contribution in [0, 0.1) is 6.92 Å². The summed E-state index contributed by atoms with van der Waals surface area (Å²) in [5, 5.41) is 0. The van der Waals surface area contributed by atoms with Crippen molar-refractivity contribution >= 4 is 31.6 Å². The average molecular weight is 362 g/mol. The Bertz CT molecular complexity index is 1050. The van der Waals surface area contributed by atoms with Crippen LogP contribution in [0.4, 0.5) is 0 Å². The summed E-state index contributed by atoms with van der Waals surface area (Å²) < 4.78 is 37.5. The van der Waals surface area contributed by atoms with Gasteiger partial charge in [0.2, 0.25) is 4.80 Å². The number of aromatic nitrogens is 1. The van der Waals surface area contributed by atoms with E-state index in [4.69, 9.17) is 4.74 Å². The van der Waals surface area contributed by atoms with Crippen molar-refractivity contribution in [3.8, 4) is 5.75 Å². The monoisotopic (exact) mass is 362 g/mol. The summed E-state index contributed by atoms with van der Waals surface area (Å²) in [6.07, 6.45) is 0. The predicted octanol–water partition coefficient (Wildman–Crippen LogP) is 3.24. The summed E-state index contributed by atoms with van der Waals surface area (Å²) in [6, 6.07) is 12.4. The Balaban J connectivity index is 2.18. The lowest BCUT2D eigenvalue weighted by Gasteiger charge is -2.05. The van der Waals surface area contributed by atoms with Crippen LogP contribution in [0.25, 0.3) is 10.2 Å². The highest BCUT2D eigenvalue weighted by molar-refractivity contribution is 7.90. The number of para-hydroxylation sites is 1. The molecule has 0 atom stereocenters. The van der Waals surface area contributed by atoms with E-state index in [1.165, 1.54) is 11.3 Å². The molecule has 1 aromatic heterocycles. The molecule has 0 aliphatic rings. The third-order valence-corrected chi connectivity index (χ3v) is 6.10. The minimum Gasteiger partial charge on any atom is -0.492 e. The first-order chi connectivity index (χ1) is 11.4. The number of ether oxygens (including phenoxy) is 1. The second-order valence-corrected chi connectivity index (χ2v) is 7.97. The van der Waals surface area contributed by atoms with Crippen molar-refractivity contribution in [1.29, 1.82) is 0 Å². The molecule has 0 amide bonds. The number of nitrogens with zero attached hydrogens (tertiary/aromatic N) is 2. The second kappa shape index (κ2) is 6.41. The predicted molar refractivity (Wildman–Crippen MR) is 95.9 cm³/mol. The van der Waals surface area contributed by atoms with E-state index in [9.17, 15) is 8.42 Å². The van der Waals surface area contributed by atoms with Crippen LogP contribution >= 0.6 is 11.3 Å². The fourth-order valence-corrected chi connectivity index (χ4v) is 4.66. The van der Waals surface area contributed by atoms with Gasteiger partial charge in [-0.1, -0.05) is 35.1 Å². The Morgan fingerprint density at radius 2 is 1.88 bits per heavy atom. The first-order valence-corrected chi connectivity index (χ1v) is 9.77. The van der Waals surface area contributed by atoms with Gasteiger partial charge in [0, 0.05) is 7.05 Å². The summed E-state index contributed by atoms with van der Waals surface area (Å²) >= 11 is 1.33. The molecule has 0 aliphatic heterocycles. The summed E-state index contributed by atoms with van der Waals surface area (Å²) in [4.78, 5) is 0.605. The van der Waals surface area contributed by atoms with Crippen LogP contribution in [0.5, 0.6) is 5.75 Å². The molecule has 0 saturated heterocycles. The van der Waals surface area contributed by atoms with Crippen molar-refractivity contribution in [2.75, 3.05) is 6.61 Å². The first-order valence-electron chi connectivity index (χ1n) is 7.51. The van der Waals surface area contributed by atoms with Gasteiger partial charge in [-0.05, 0) is 38.1 Å². The average Bonchev–Trinajstić information content (AvgIpc) is 2.85. The summed E-state index contributed by atoms with van der Waals surface area (Å²) in [6.45, 7) is 4.37. The number of benzene rings is 2. The van der Waals surface area contributed by atoms with E-state index in [0.29, 0.717) is 11.4 Å². The molecule has 1 heterocycles. The zero-order valence-corrected chi connectivity index (χ0v) is 15.3. The lowest BCUT2D eigenvalue weighted by atomic mass is 10.2. The number of aryl methyl sites for hydroxylation is 2. The molecule has 0 radical (unpaired) electrons. The largest absolute Gasteiger partial charge is 0.492 e. The van der Waals surface area contributed by atoms with Gasteiger partial charge in [0.15, 0.2) is 0 Å². The molecule has 0 spiro atoms. The first kappa shape index (κ1) is 16.7. The van der Waals surface area contributed by atoms with E-state index in [1.807, 2.05) is 32.0 Å². The van der Waals surface area contributed by atoms with Crippen molar-refractivity contribution in [2.24, 2.45) is 11.4 Å². The highest BCUT2D eigenvalue weighted by Crippen LogP contribution is 2.27. The summed E-state index contributed by atoms with van der Waals surface area (Å²) in [5.74, 6) is 0.725. The van der Waals surface area contributed by atoms with E-state index < -0.39 is 10.0 Å². The molecule has 0 N–H and O–H groups in total. The maximum Gasteiger partial charge on any atom is 0.285 e. The Morgan fingerprint density at radius 3 is 2.54 bits per heavy atom. The van der Waals surface area contributed by atoms with Crippen molar-refractivity contribution in [1.82, 2.24) is 4.57 Å². The van der Waals surface area contributed by atoms with E-state index in [1.54, 1.807) is 35.9 Å². The number of fused-ring (bicyclic) bond motifs is 1. The van der Waals surface area contributed by atoms with Crippen LogP contribution in [0.1, 0.15) is 12.5 Å². The zero-order chi connectivity index (χ0) is 17.3. The third-order valence-electron chi connectivity index (χ3n) is 3.60. The molecular formula is C17H18N2O3S2. The van der Waals surface area contributed by atoms with Crippen LogP contribution in [0.3, 0.4) is 0 Å². The minimum absolute atomic E-state index is 0.190. The van der Waals surface area contributed by atoms with Gasteiger partial charge >= 0.3 is 0 Å². The van der Waals surface area contributed by atoms with Crippen LogP contribution < -0.4 is 9.54 Å². The van der Waals surface area contributed by atoms with Crippen molar-refractivity contribution in [3.05, 3.63) is 52.8 Å². The van der Waals surface area contributed by atoms with Gasteiger partial charge in [0.1, 0.15) is 11.3 Å². The van der Waals surface area contributed by atoms with Crippen LogP contribution in [0.2, 0.25) is 0 Å². The van der Waals surface area contributed by atoms with Crippen molar-refractivity contribution in [3.63, 3.8) is 0 Å². The number of rotatable bonds is 4. The quantitative estimate of drug-likeness (QED) is 0.716. The SMILES string of the molecule is CCOc1cccc2s/c(=N\S(=O)(=O)c3ccc(C)cc3)n(C)c12. The molecule has 0 bridgehead atoms. The number of thiazole rings is 1. The highest BCUT2D eigenvalue weighted by Gasteiger charge is 2.15.